The lowest BCUT2D eigenvalue weighted by Gasteiger charge is -2.17. The molecule has 0 N–H and O–H groups in total. The van der Waals surface area contributed by atoms with Gasteiger partial charge in [0.15, 0.2) is 0 Å². The van der Waals surface area contributed by atoms with E-state index in [1.165, 1.54) is 19.5 Å². The quantitative estimate of drug-likeness (QED) is 0.745. The Hall–Kier alpha value is -1.53. The highest BCUT2D eigenvalue weighted by Gasteiger charge is 2.23. The summed E-state index contributed by atoms with van der Waals surface area (Å²) >= 11 is 0. The molecule has 0 radical (unpaired) electrons. The van der Waals surface area contributed by atoms with Crippen LogP contribution >= 0.6 is 0 Å². The van der Waals surface area contributed by atoms with Crippen molar-refractivity contribution >= 4 is 0 Å². The normalized spacial score (nSPS) is 19.2. The lowest BCUT2D eigenvalue weighted by molar-refractivity contribution is 0.252. The average Bonchev–Trinajstić information content (AvgIpc) is 2.93. The number of rotatable bonds is 6. The van der Waals surface area contributed by atoms with Crippen LogP contribution in [0.3, 0.4) is 0 Å². The monoisotopic (exact) mass is 272 g/mol. The first-order valence-electron chi connectivity index (χ1n) is 7.54. The molecule has 0 spiro atoms. The Balaban J connectivity index is 1.66. The molecule has 3 nitrogen and oxygen atoms in total. The van der Waals surface area contributed by atoms with Crippen molar-refractivity contribution in [3.63, 3.8) is 0 Å². The van der Waals surface area contributed by atoms with Crippen LogP contribution in [0.1, 0.15) is 32.3 Å². The fraction of sp³-hybridized carbons (Fsp3) is 0.588. The minimum Gasteiger partial charge on any atom is -0.494 e. The van der Waals surface area contributed by atoms with E-state index in [0.717, 1.165) is 37.2 Å². The minimum atomic E-state index is 0.654. The van der Waals surface area contributed by atoms with Gasteiger partial charge in [-0.15, -0.1) is 0 Å². The first-order chi connectivity index (χ1) is 9.69. The van der Waals surface area contributed by atoms with Crippen molar-refractivity contribution in [2.75, 3.05) is 26.2 Å². The van der Waals surface area contributed by atoms with Gasteiger partial charge in [0.1, 0.15) is 5.75 Å². The standard InChI is InChI=1S/C17H24N2O/c1-14(2)16-7-9-19(13-16)8-4-10-20-17-6-3-5-15(11-17)12-18/h3,5-6,11,14,16H,4,7-10,13H2,1-2H3. The zero-order chi connectivity index (χ0) is 14.4. The van der Waals surface area contributed by atoms with Gasteiger partial charge in [0.25, 0.3) is 0 Å². The highest BCUT2D eigenvalue weighted by atomic mass is 16.5. The molecule has 0 aromatic heterocycles. The van der Waals surface area contributed by atoms with Crippen LogP contribution < -0.4 is 4.74 Å². The SMILES string of the molecule is CC(C)C1CCN(CCCOc2cccc(C#N)c2)C1. The lowest BCUT2D eigenvalue weighted by Crippen LogP contribution is -2.24. The molecule has 1 heterocycles. The summed E-state index contributed by atoms with van der Waals surface area (Å²) in [6.07, 6.45) is 2.38. The Morgan fingerprint density at radius 1 is 1.45 bits per heavy atom. The molecular formula is C17H24N2O. The third-order valence-corrected chi connectivity index (χ3v) is 4.10. The first kappa shape index (κ1) is 14.9. The molecule has 0 bridgehead atoms. The largest absolute Gasteiger partial charge is 0.494 e. The van der Waals surface area contributed by atoms with Gasteiger partial charge in [-0.2, -0.15) is 5.26 Å². The molecule has 2 rings (SSSR count). The topological polar surface area (TPSA) is 36.3 Å². The smallest absolute Gasteiger partial charge is 0.120 e. The Morgan fingerprint density at radius 2 is 2.30 bits per heavy atom. The second-order valence-corrected chi connectivity index (χ2v) is 5.94. The molecule has 1 unspecified atom stereocenters. The highest BCUT2D eigenvalue weighted by molar-refractivity contribution is 5.36. The van der Waals surface area contributed by atoms with Gasteiger partial charge in [-0.05, 0) is 49.4 Å². The van der Waals surface area contributed by atoms with E-state index in [1.54, 1.807) is 12.1 Å². The maximum absolute atomic E-state index is 8.83. The van der Waals surface area contributed by atoms with E-state index >= 15 is 0 Å². The first-order valence-corrected chi connectivity index (χ1v) is 7.54. The second kappa shape index (κ2) is 7.31. The van der Waals surface area contributed by atoms with Crippen molar-refractivity contribution in [1.82, 2.24) is 4.90 Å². The van der Waals surface area contributed by atoms with Crippen molar-refractivity contribution in [3.8, 4) is 11.8 Å². The van der Waals surface area contributed by atoms with Crippen LogP contribution in [0.5, 0.6) is 5.75 Å². The molecule has 108 valence electrons. The van der Waals surface area contributed by atoms with Crippen LogP contribution in [-0.2, 0) is 0 Å². The molecule has 1 aliphatic heterocycles. The Morgan fingerprint density at radius 3 is 3.00 bits per heavy atom. The Labute approximate surface area is 122 Å². The average molecular weight is 272 g/mol. The van der Waals surface area contributed by atoms with Gasteiger partial charge < -0.3 is 9.64 Å². The predicted molar refractivity (Wildman–Crippen MR) is 80.7 cm³/mol. The van der Waals surface area contributed by atoms with Crippen LogP contribution in [0.4, 0.5) is 0 Å². The summed E-state index contributed by atoms with van der Waals surface area (Å²) in [6, 6.07) is 9.49. The van der Waals surface area contributed by atoms with Gasteiger partial charge in [0.05, 0.1) is 18.2 Å². The molecule has 0 amide bonds. The van der Waals surface area contributed by atoms with Crippen molar-refractivity contribution in [3.05, 3.63) is 29.8 Å². The van der Waals surface area contributed by atoms with Gasteiger partial charge in [-0.1, -0.05) is 19.9 Å². The van der Waals surface area contributed by atoms with Gasteiger partial charge in [0, 0.05) is 13.1 Å². The molecule has 1 aromatic rings. The van der Waals surface area contributed by atoms with Crippen molar-refractivity contribution in [1.29, 1.82) is 5.26 Å². The summed E-state index contributed by atoms with van der Waals surface area (Å²) in [7, 11) is 0. The molecule has 1 aliphatic rings. The van der Waals surface area contributed by atoms with E-state index in [9.17, 15) is 0 Å². The van der Waals surface area contributed by atoms with E-state index in [-0.39, 0.29) is 0 Å². The van der Waals surface area contributed by atoms with E-state index in [0.29, 0.717) is 5.56 Å². The van der Waals surface area contributed by atoms with Crippen LogP contribution in [-0.4, -0.2) is 31.1 Å². The summed E-state index contributed by atoms with van der Waals surface area (Å²) in [4.78, 5) is 2.54. The molecule has 1 aromatic carbocycles. The summed E-state index contributed by atoms with van der Waals surface area (Å²) in [6.45, 7) is 8.94. The van der Waals surface area contributed by atoms with E-state index in [4.69, 9.17) is 10.00 Å². The molecular weight excluding hydrogens is 248 g/mol. The number of hydrogen-bond acceptors (Lipinski definition) is 3. The molecule has 0 saturated carbocycles. The van der Waals surface area contributed by atoms with E-state index in [1.807, 2.05) is 12.1 Å². The second-order valence-electron chi connectivity index (χ2n) is 5.94. The molecule has 0 aliphatic carbocycles. The maximum Gasteiger partial charge on any atom is 0.120 e. The summed E-state index contributed by atoms with van der Waals surface area (Å²) in [5.74, 6) is 2.46. The predicted octanol–water partition coefficient (Wildman–Crippen LogP) is 3.31. The van der Waals surface area contributed by atoms with Crippen LogP contribution in [0, 0.1) is 23.2 Å². The van der Waals surface area contributed by atoms with Crippen LogP contribution in [0.25, 0.3) is 0 Å². The van der Waals surface area contributed by atoms with Crippen LogP contribution in [0.2, 0.25) is 0 Å². The summed E-state index contributed by atoms with van der Waals surface area (Å²) in [5.41, 5.74) is 0.654. The fourth-order valence-corrected chi connectivity index (χ4v) is 2.74. The number of ether oxygens (including phenoxy) is 1. The fourth-order valence-electron chi connectivity index (χ4n) is 2.74. The van der Waals surface area contributed by atoms with E-state index in [2.05, 4.69) is 24.8 Å². The molecule has 20 heavy (non-hydrogen) atoms. The third-order valence-electron chi connectivity index (χ3n) is 4.10. The number of likely N-dealkylation sites (tertiary alicyclic amines) is 1. The lowest BCUT2D eigenvalue weighted by atomic mass is 9.95. The maximum atomic E-state index is 8.83. The molecule has 3 heteroatoms. The molecule has 1 atom stereocenters. The number of nitriles is 1. The number of nitrogens with zero attached hydrogens (tertiary/aromatic N) is 2. The highest BCUT2D eigenvalue weighted by Crippen LogP contribution is 2.23. The number of hydrogen-bond donors (Lipinski definition) is 0. The van der Waals surface area contributed by atoms with Crippen molar-refractivity contribution in [2.24, 2.45) is 11.8 Å². The Kier molecular flexibility index (Phi) is 5.43. The van der Waals surface area contributed by atoms with Crippen molar-refractivity contribution in [2.45, 2.75) is 26.7 Å². The molecule has 1 fully saturated rings. The van der Waals surface area contributed by atoms with Gasteiger partial charge in [-0.25, -0.2) is 0 Å². The van der Waals surface area contributed by atoms with Gasteiger partial charge in [-0.3, -0.25) is 0 Å². The van der Waals surface area contributed by atoms with Crippen molar-refractivity contribution < 1.29 is 4.74 Å². The molecule has 1 saturated heterocycles. The Bertz CT molecular complexity index is 464. The summed E-state index contributed by atoms with van der Waals surface area (Å²) in [5, 5.41) is 8.83. The number of benzene rings is 1. The minimum absolute atomic E-state index is 0.654. The van der Waals surface area contributed by atoms with E-state index < -0.39 is 0 Å². The third kappa shape index (κ3) is 4.25. The zero-order valence-corrected chi connectivity index (χ0v) is 12.5. The van der Waals surface area contributed by atoms with Gasteiger partial charge in [0.2, 0.25) is 0 Å². The summed E-state index contributed by atoms with van der Waals surface area (Å²) < 4.78 is 5.70. The van der Waals surface area contributed by atoms with Crippen LogP contribution in [0.15, 0.2) is 24.3 Å². The zero-order valence-electron chi connectivity index (χ0n) is 12.5. The van der Waals surface area contributed by atoms with Gasteiger partial charge >= 0.3 is 0 Å².